The van der Waals surface area contributed by atoms with Crippen molar-refractivity contribution in [2.24, 2.45) is 11.7 Å². The van der Waals surface area contributed by atoms with E-state index < -0.39 is 6.04 Å². The maximum absolute atomic E-state index is 12.2. The molecule has 0 aliphatic heterocycles. The summed E-state index contributed by atoms with van der Waals surface area (Å²) in [6.07, 6.45) is 0.879. The normalized spacial score (nSPS) is 14.0. The summed E-state index contributed by atoms with van der Waals surface area (Å²) < 4.78 is 0. The van der Waals surface area contributed by atoms with E-state index in [1.807, 2.05) is 13.8 Å². The molecule has 2 atom stereocenters. The van der Waals surface area contributed by atoms with Crippen molar-refractivity contribution in [3.8, 4) is 0 Å². The molecule has 0 saturated carbocycles. The van der Waals surface area contributed by atoms with Gasteiger partial charge in [-0.1, -0.05) is 43.5 Å². The van der Waals surface area contributed by atoms with Crippen LogP contribution < -0.4 is 5.73 Å². The number of hydrogen-bond donors (Lipinski definition) is 1. The van der Waals surface area contributed by atoms with E-state index in [1.54, 1.807) is 30.1 Å². The van der Waals surface area contributed by atoms with E-state index in [-0.39, 0.29) is 11.8 Å². The molecule has 0 bridgehead atoms. The largest absolute Gasteiger partial charge is 0.340 e. The molecule has 2 unspecified atom stereocenters. The van der Waals surface area contributed by atoms with E-state index in [4.69, 9.17) is 28.9 Å². The van der Waals surface area contributed by atoms with Gasteiger partial charge in [-0.25, -0.2) is 0 Å². The average Bonchev–Trinajstić information content (AvgIpc) is 2.34. The fourth-order valence-corrected chi connectivity index (χ4v) is 2.38. The molecule has 1 amide bonds. The molecule has 0 aliphatic carbocycles. The van der Waals surface area contributed by atoms with Crippen LogP contribution in [0.15, 0.2) is 18.2 Å². The number of nitrogens with zero attached hydrogens (tertiary/aromatic N) is 1. The van der Waals surface area contributed by atoms with Crippen LogP contribution in [0.25, 0.3) is 0 Å². The van der Waals surface area contributed by atoms with Crippen molar-refractivity contribution in [2.45, 2.75) is 32.9 Å². The highest BCUT2D eigenvalue weighted by molar-refractivity contribution is 6.34. The molecule has 1 aromatic carbocycles. The zero-order valence-electron chi connectivity index (χ0n) is 11.5. The third kappa shape index (κ3) is 4.68. The molecule has 19 heavy (non-hydrogen) atoms. The lowest BCUT2D eigenvalue weighted by molar-refractivity contribution is -0.132. The molecular formula is C14H20Cl2N2O. The molecule has 0 fully saturated rings. The molecule has 0 aromatic heterocycles. The molecule has 1 aromatic rings. The standard InChI is InChI=1S/C14H20Cl2N2O/c1-4-9(2)13(17)14(19)18(3)8-10-5-11(15)7-12(16)6-10/h5-7,9,13H,4,8,17H2,1-3H3. The maximum atomic E-state index is 12.2. The van der Waals surface area contributed by atoms with Crippen LogP contribution >= 0.6 is 23.2 Å². The summed E-state index contributed by atoms with van der Waals surface area (Å²) in [6.45, 7) is 4.45. The molecule has 0 saturated heterocycles. The highest BCUT2D eigenvalue weighted by Crippen LogP contribution is 2.20. The van der Waals surface area contributed by atoms with Gasteiger partial charge in [-0.3, -0.25) is 4.79 Å². The Morgan fingerprint density at radius 3 is 2.32 bits per heavy atom. The maximum Gasteiger partial charge on any atom is 0.239 e. The zero-order chi connectivity index (χ0) is 14.6. The third-order valence-electron chi connectivity index (χ3n) is 3.26. The van der Waals surface area contributed by atoms with Gasteiger partial charge in [0, 0.05) is 23.6 Å². The van der Waals surface area contributed by atoms with E-state index in [0.29, 0.717) is 16.6 Å². The Morgan fingerprint density at radius 1 is 1.32 bits per heavy atom. The molecule has 0 heterocycles. The predicted octanol–water partition coefficient (Wildman–Crippen LogP) is 3.33. The summed E-state index contributed by atoms with van der Waals surface area (Å²) in [7, 11) is 1.74. The minimum Gasteiger partial charge on any atom is -0.340 e. The number of halogens is 2. The molecule has 106 valence electrons. The highest BCUT2D eigenvalue weighted by Gasteiger charge is 2.22. The molecule has 2 N–H and O–H groups in total. The molecule has 3 nitrogen and oxygen atoms in total. The van der Waals surface area contributed by atoms with Crippen LogP contribution in [-0.2, 0) is 11.3 Å². The monoisotopic (exact) mass is 302 g/mol. The first-order valence-corrected chi connectivity index (χ1v) is 7.06. The second-order valence-corrected chi connectivity index (χ2v) is 5.76. The Morgan fingerprint density at radius 2 is 1.84 bits per heavy atom. The van der Waals surface area contributed by atoms with Crippen molar-refractivity contribution in [3.63, 3.8) is 0 Å². The molecule has 5 heteroatoms. The van der Waals surface area contributed by atoms with Crippen molar-refractivity contribution in [2.75, 3.05) is 7.05 Å². The van der Waals surface area contributed by atoms with Gasteiger partial charge in [0.25, 0.3) is 0 Å². The number of carbonyl (C=O) groups is 1. The van der Waals surface area contributed by atoms with E-state index in [9.17, 15) is 4.79 Å². The zero-order valence-corrected chi connectivity index (χ0v) is 13.0. The summed E-state index contributed by atoms with van der Waals surface area (Å²) >= 11 is 11.9. The van der Waals surface area contributed by atoms with Crippen molar-refractivity contribution < 1.29 is 4.79 Å². The first-order chi connectivity index (χ1) is 8.85. The number of hydrogen-bond acceptors (Lipinski definition) is 2. The van der Waals surface area contributed by atoms with E-state index in [0.717, 1.165) is 12.0 Å². The van der Waals surface area contributed by atoms with E-state index in [1.165, 1.54) is 0 Å². The van der Waals surface area contributed by atoms with Crippen LogP contribution in [0.5, 0.6) is 0 Å². The van der Waals surface area contributed by atoms with Crippen molar-refractivity contribution in [3.05, 3.63) is 33.8 Å². The van der Waals surface area contributed by atoms with E-state index >= 15 is 0 Å². The van der Waals surface area contributed by atoms with Gasteiger partial charge in [0.2, 0.25) is 5.91 Å². The first-order valence-electron chi connectivity index (χ1n) is 6.30. The van der Waals surface area contributed by atoms with Gasteiger partial charge < -0.3 is 10.6 Å². The lowest BCUT2D eigenvalue weighted by Gasteiger charge is -2.24. The Labute approximate surface area is 124 Å². The Hall–Kier alpha value is -0.770. The highest BCUT2D eigenvalue weighted by atomic mass is 35.5. The first kappa shape index (κ1) is 16.3. The van der Waals surface area contributed by atoms with Crippen LogP contribution in [0.2, 0.25) is 10.0 Å². The van der Waals surface area contributed by atoms with Crippen LogP contribution in [0.4, 0.5) is 0 Å². The van der Waals surface area contributed by atoms with Gasteiger partial charge in [-0.15, -0.1) is 0 Å². The van der Waals surface area contributed by atoms with Crippen molar-refractivity contribution in [1.82, 2.24) is 4.90 Å². The SMILES string of the molecule is CCC(C)C(N)C(=O)N(C)Cc1cc(Cl)cc(Cl)c1. The van der Waals surface area contributed by atoms with Crippen LogP contribution in [-0.4, -0.2) is 23.9 Å². The smallest absolute Gasteiger partial charge is 0.239 e. The fourth-order valence-electron chi connectivity index (χ4n) is 1.81. The Balaban J connectivity index is 2.73. The second-order valence-electron chi connectivity index (χ2n) is 4.88. The predicted molar refractivity (Wildman–Crippen MR) is 80.4 cm³/mol. The lowest BCUT2D eigenvalue weighted by atomic mass is 9.99. The fraction of sp³-hybridized carbons (Fsp3) is 0.500. The van der Waals surface area contributed by atoms with Crippen LogP contribution in [0.1, 0.15) is 25.8 Å². The van der Waals surface area contributed by atoms with Gasteiger partial charge in [0.15, 0.2) is 0 Å². The van der Waals surface area contributed by atoms with Gasteiger partial charge >= 0.3 is 0 Å². The molecule has 0 aliphatic rings. The van der Waals surface area contributed by atoms with Gasteiger partial charge in [-0.2, -0.15) is 0 Å². The van der Waals surface area contributed by atoms with Gasteiger partial charge in [0.05, 0.1) is 6.04 Å². The number of rotatable bonds is 5. The van der Waals surface area contributed by atoms with Gasteiger partial charge in [0.1, 0.15) is 0 Å². The Kier molecular flexibility index (Phi) is 6.11. The van der Waals surface area contributed by atoms with Crippen LogP contribution in [0.3, 0.4) is 0 Å². The second kappa shape index (κ2) is 7.13. The Bertz CT molecular complexity index is 431. The quantitative estimate of drug-likeness (QED) is 0.907. The number of amides is 1. The van der Waals surface area contributed by atoms with Crippen LogP contribution in [0, 0.1) is 5.92 Å². The molecule has 0 spiro atoms. The average molecular weight is 303 g/mol. The summed E-state index contributed by atoms with van der Waals surface area (Å²) in [6, 6.07) is 4.79. The lowest BCUT2D eigenvalue weighted by Crippen LogP contribution is -2.45. The molecule has 0 radical (unpaired) electrons. The van der Waals surface area contributed by atoms with Crippen molar-refractivity contribution in [1.29, 1.82) is 0 Å². The summed E-state index contributed by atoms with van der Waals surface area (Å²) in [5.41, 5.74) is 6.84. The number of likely N-dealkylation sites (N-methyl/N-ethyl adjacent to an activating group) is 1. The minimum atomic E-state index is -0.468. The van der Waals surface area contributed by atoms with Gasteiger partial charge in [-0.05, 0) is 29.7 Å². The molecular weight excluding hydrogens is 283 g/mol. The number of carbonyl (C=O) groups excluding carboxylic acids is 1. The third-order valence-corrected chi connectivity index (χ3v) is 3.70. The molecule has 1 rings (SSSR count). The number of benzene rings is 1. The summed E-state index contributed by atoms with van der Waals surface area (Å²) in [5, 5.41) is 1.13. The minimum absolute atomic E-state index is 0.0644. The topological polar surface area (TPSA) is 46.3 Å². The summed E-state index contributed by atoms with van der Waals surface area (Å²) in [5.74, 6) is 0.100. The number of nitrogens with two attached hydrogens (primary N) is 1. The summed E-state index contributed by atoms with van der Waals surface area (Å²) in [4.78, 5) is 13.8. The van der Waals surface area contributed by atoms with E-state index in [2.05, 4.69) is 0 Å². The van der Waals surface area contributed by atoms with Crippen molar-refractivity contribution >= 4 is 29.1 Å².